The maximum atomic E-state index is 10.7. The van der Waals surface area contributed by atoms with Gasteiger partial charge in [0.15, 0.2) is 0 Å². The van der Waals surface area contributed by atoms with Gasteiger partial charge in [0, 0.05) is 12.1 Å². The largest absolute Gasteiger partial charge is 0.369 e. The Bertz CT molecular complexity index is 448. The Morgan fingerprint density at radius 2 is 2.20 bits per heavy atom. The normalized spacial score (nSPS) is 11.4. The Labute approximate surface area is 92.9 Å². The molecule has 1 heterocycles. The molecule has 0 spiro atoms. The van der Waals surface area contributed by atoms with Gasteiger partial charge in [-0.2, -0.15) is 0 Å². The van der Waals surface area contributed by atoms with Crippen molar-refractivity contribution >= 4 is 27.4 Å². The highest BCUT2D eigenvalue weighted by Gasteiger charge is 2.06. The Kier molecular flexibility index (Phi) is 3.83. The molecule has 0 atom stereocenters. The van der Waals surface area contributed by atoms with Crippen LogP contribution in [0.25, 0.3) is 0 Å². The van der Waals surface area contributed by atoms with Crippen molar-refractivity contribution in [1.29, 1.82) is 0 Å². The van der Waals surface area contributed by atoms with Gasteiger partial charge < -0.3 is 5.32 Å². The molecule has 0 saturated heterocycles. The van der Waals surface area contributed by atoms with E-state index in [0.29, 0.717) is 16.5 Å². The summed E-state index contributed by atoms with van der Waals surface area (Å²) >= 11 is 5.75. The molecule has 0 amide bonds. The number of aromatic nitrogens is 2. The molecule has 1 aromatic rings. The smallest absolute Gasteiger partial charge is 0.210 e. The van der Waals surface area contributed by atoms with E-state index in [1.165, 1.54) is 6.33 Å². The van der Waals surface area contributed by atoms with E-state index in [-0.39, 0.29) is 12.3 Å². The summed E-state index contributed by atoms with van der Waals surface area (Å²) in [5, 5.41) is 7.99. The van der Waals surface area contributed by atoms with E-state index in [1.54, 1.807) is 6.92 Å². The van der Waals surface area contributed by atoms with Crippen LogP contribution in [0.3, 0.4) is 0 Å². The second-order valence-corrected chi connectivity index (χ2v) is 5.02. The lowest BCUT2D eigenvalue weighted by atomic mass is 10.3. The molecule has 0 unspecified atom stereocenters. The molecule has 0 radical (unpaired) electrons. The van der Waals surface area contributed by atoms with Crippen LogP contribution in [0.5, 0.6) is 0 Å². The molecule has 0 aliphatic heterocycles. The lowest BCUT2D eigenvalue weighted by Crippen LogP contribution is -2.22. The van der Waals surface area contributed by atoms with E-state index in [9.17, 15) is 8.42 Å². The van der Waals surface area contributed by atoms with Crippen molar-refractivity contribution in [3.63, 3.8) is 0 Å². The number of hydrogen-bond acceptors (Lipinski definition) is 5. The van der Waals surface area contributed by atoms with E-state index < -0.39 is 10.0 Å². The Morgan fingerprint density at radius 3 is 2.80 bits per heavy atom. The van der Waals surface area contributed by atoms with Crippen LogP contribution in [-0.2, 0) is 10.0 Å². The number of hydrogen-bond donors (Lipinski definition) is 2. The van der Waals surface area contributed by atoms with E-state index in [0.717, 1.165) is 0 Å². The van der Waals surface area contributed by atoms with Gasteiger partial charge in [-0.15, -0.1) is 0 Å². The zero-order valence-electron chi connectivity index (χ0n) is 8.07. The highest BCUT2D eigenvalue weighted by atomic mass is 35.5. The number of sulfonamides is 1. The average Bonchev–Trinajstić information content (AvgIpc) is 2.10. The van der Waals surface area contributed by atoms with E-state index in [4.69, 9.17) is 16.7 Å². The third-order valence-corrected chi connectivity index (χ3v) is 2.86. The number of anilines is 1. The zero-order chi connectivity index (χ0) is 11.5. The molecule has 1 aromatic heterocycles. The minimum atomic E-state index is -3.46. The highest BCUT2D eigenvalue weighted by Crippen LogP contribution is 2.17. The first kappa shape index (κ1) is 12.2. The van der Waals surface area contributed by atoms with Gasteiger partial charge in [-0.3, -0.25) is 0 Å². The lowest BCUT2D eigenvalue weighted by molar-refractivity contribution is 0.598. The van der Waals surface area contributed by atoms with Crippen molar-refractivity contribution in [3.05, 3.63) is 17.0 Å². The second kappa shape index (κ2) is 4.73. The fourth-order valence-electron chi connectivity index (χ4n) is 0.919. The molecule has 8 heteroatoms. The molecular weight excluding hydrogens is 240 g/mol. The van der Waals surface area contributed by atoms with Crippen LogP contribution < -0.4 is 10.5 Å². The van der Waals surface area contributed by atoms with E-state index >= 15 is 0 Å². The summed E-state index contributed by atoms with van der Waals surface area (Å²) in [6.07, 6.45) is 1.30. The van der Waals surface area contributed by atoms with Crippen molar-refractivity contribution in [2.45, 2.75) is 6.92 Å². The van der Waals surface area contributed by atoms with Crippen molar-refractivity contribution in [3.8, 4) is 0 Å². The fourth-order valence-corrected chi connectivity index (χ4v) is 1.44. The second-order valence-electron chi connectivity index (χ2n) is 2.93. The number of nitrogens with one attached hydrogen (secondary N) is 1. The first-order chi connectivity index (χ1) is 6.90. The molecule has 0 aromatic carbocycles. The molecular formula is C7H11ClN4O2S. The molecule has 15 heavy (non-hydrogen) atoms. The number of nitrogens with two attached hydrogens (primary N) is 1. The first-order valence-corrected chi connectivity index (χ1v) is 6.21. The molecule has 0 saturated carbocycles. The van der Waals surface area contributed by atoms with E-state index in [2.05, 4.69) is 15.3 Å². The number of halogens is 1. The minimum absolute atomic E-state index is 0.159. The average molecular weight is 251 g/mol. The van der Waals surface area contributed by atoms with Gasteiger partial charge in [0.1, 0.15) is 17.3 Å². The van der Waals surface area contributed by atoms with Gasteiger partial charge in [-0.25, -0.2) is 23.5 Å². The van der Waals surface area contributed by atoms with Crippen molar-refractivity contribution in [1.82, 2.24) is 9.97 Å². The van der Waals surface area contributed by atoms with Crippen molar-refractivity contribution < 1.29 is 8.42 Å². The van der Waals surface area contributed by atoms with Gasteiger partial charge >= 0.3 is 0 Å². The fraction of sp³-hybridized carbons (Fsp3) is 0.429. The highest BCUT2D eigenvalue weighted by molar-refractivity contribution is 7.89. The van der Waals surface area contributed by atoms with Gasteiger partial charge in [0.05, 0.1) is 5.75 Å². The van der Waals surface area contributed by atoms with Gasteiger partial charge in [0.25, 0.3) is 0 Å². The summed E-state index contributed by atoms with van der Waals surface area (Å²) in [5.74, 6) is 0.354. The summed E-state index contributed by atoms with van der Waals surface area (Å²) in [7, 11) is -3.46. The number of primary sulfonamides is 1. The van der Waals surface area contributed by atoms with Crippen molar-refractivity contribution in [2.75, 3.05) is 17.6 Å². The maximum absolute atomic E-state index is 10.7. The molecule has 84 valence electrons. The van der Waals surface area contributed by atoms with Crippen LogP contribution in [0.15, 0.2) is 6.33 Å². The third kappa shape index (κ3) is 3.98. The number of nitrogens with zero attached hydrogens (tertiary/aromatic N) is 2. The summed E-state index contributed by atoms with van der Waals surface area (Å²) in [5.41, 5.74) is 0.675. The summed E-state index contributed by atoms with van der Waals surface area (Å²) in [6, 6.07) is 0. The van der Waals surface area contributed by atoms with Gasteiger partial charge in [-0.1, -0.05) is 11.6 Å². The topological polar surface area (TPSA) is 98.0 Å². The maximum Gasteiger partial charge on any atom is 0.210 e. The Balaban J connectivity index is 2.62. The predicted octanol–water partition coefficient (Wildman–Crippen LogP) is 0.139. The quantitative estimate of drug-likeness (QED) is 0.741. The predicted molar refractivity (Wildman–Crippen MR) is 58.2 cm³/mol. The van der Waals surface area contributed by atoms with Gasteiger partial charge in [-0.05, 0) is 6.92 Å². The molecule has 0 bridgehead atoms. The molecule has 3 N–H and O–H groups in total. The monoisotopic (exact) mass is 250 g/mol. The molecule has 0 aliphatic rings. The van der Waals surface area contributed by atoms with Crippen LogP contribution in [-0.4, -0.2) is 30.7 Å². The van der Waals surface area contributed by atoms with Crippen LogP contribution in [0.4, 0.5) is 5.82 Å². The summed E-state index contributed by atoms with van der Waals surface area (Å²) in [6.45, 7) is 1.93. The zero-order valence-corrected chi connectivity index (χ0v) is 9.64. The number of rotatable bonds is 4. The SMILES string of the molecule is Cc1c(Cl)ncnc1NCCS(N)(=O)=O. The van der Waals surface area contributed by atoms with E-state index in [1.807, 2.05) is 0 Å². The lowest BCUT2D eigenvalue weighted by Gasteiger charge is -2.07. The summed E-state index contributed by atoms with van der Waals surface area (Å²) in [4.78, 5) is 7.68. The Hall–Kier alpha value is -0.920. The standard InChI is InChI=1S/C7H11ClN4O2S/c1-5-6(8)11-4-12-7(5)10-2-3-15(9,13)14/h4H,2-3H2,1H3,(H2,9,13,14)(H,10,11,12). The molecule has 6 nitrogen and oxygen atoms in total. The molecule has 1 rings (SSSR count). The van der Waals surface area contributed by atoms with Crippen molar-refractivity contribution in [2.24, 2.45) is 5.14 Å². The molecule has 0 fully saturated rings. The first-order valence-electron chi connectivity index (χ1n) is 4.11. The van der Waals surface area contributed by atoms with Crippen LogP contribution in [0.2, 0.25) is 5.15 Å². The van der Waals surface area contributed by atoms with Crippen LogP contribution in [0, 0.1) is 6.92 Å². The van der Waals surface area contributed by atoms with Crippen LogP contribution >= 0.6 is 11.6 Å². The summed E-state index contributed by atoms with van der Waals surface area (Å²) < 4.78 is 21.3. The third-order valence-electron chi connectivity index (χ3n) is 1.70. The van der Waals surface area contributed by atoms with Crippen LogP contribution in [0.1, 0.15) is 5.56 Å². The Morgan fingerprint density at radius 1 is 1.53 bits per heavy atom. The minimum Gasteiger partial charge on any atom is -0.369 e. The van der Waals surface area contributed by atoms with Gasteiger partial charge in [0.2, 0.25) is 10.0 Å². The molecule has 0 aliphatic carbocycles.